The third kappa shape index (κ3) is 5.33. The molecule has 7 nitrogen and oxygen atoms in total. The second-order valence-corrected chi connectivity index (χ2v) is 7.72. The van der Waals surface area contributed by atoms with Crippen LogP contribution in [-0.4, -0.2) is 31.6 Å². The Morgan fingerprint density at radius 3 is 2.47 bits per heavy atom. The van der Waals surface area contributed by atoms with Gasteiger partial charge in [0.2, 0.25) is 5.95 Å². The van der Waals surface area contributed by atoms with Gasteiger partial charge in [-0.3, -0.25) is 0 Å². The van der Waals surface area contributed by atoms with Crippen LogP contribution in [0.4, 0.5) is 17.5 Å². The predicted molar refractivity (Wildman–Crippen MR) is 128 cm³/mol. The Kier molecular flexibility index (Phi) is 8.70. The van der Waals surface area contributed by atoms with Gasteiger partial charge in [-0.2, -0.15) is 9.97 Å². The van der Waals surface area contributed by atoms with Crippen molar-refractivity contribution in [2.75, 3.05) is 10.6 Å². The van der Waals surface area contributed by atoms with Crippen LogP contribution < -0.4 is 16.4 Å². The van der Waals surface area contributed by atoms with Gasteiger partial charge < -0.3 is 20.9 Å². The first-order valence-corrected chi connectivity index (χ1v) is 10.2. The minimum Gasteiger partial charge on any atom is -0.351 e. The number of anilines is 3. The van der Waals surface area contributed by atoms with Gasteiger partial charge in [-0.1, -0.05) is 25.1 Å². The first-order valence-electron chi connectivity index (χ1n) is 10.2. The van der Waals surface area contributed by atoms with Gasteiger partial charge in [-0.25, -0.2) is 4.98 Å². The Morgan fingerprint density at radius 2 is 1.80 bits per heavy atom. The molecule has 0 aliphatic heterocycles. The molecule has 0 amide bonds. The van der Waals surface area contributed by atoms with Crippen molar-refractivity contribution in [3.05, 3.63) is 36.7 Å². The molecule has 4 N–H and O–H groups in total. The summed E-state index contributed by atoms with van der Waals surface area (Å²) in [5, 5.41) is 6.95. The van der Waals surface area contributed by atoms with Gasteiger partial charge in [0.1, 0.15) is 0 Å². The quantitative estimate of drug-likeness (QED) is 0.484. The molecule has 30 heavy (non-hydrogen) atoms. The minimum atomic E-state index is 0. The lowest BCUT2D eigenvalue weighted by Crippen LogP contribution is -2.33. The zero-order valence-corrected chi connectivity index (χ0v) is 19.0. The third-order valence-electron chi connectivity index (χ3n) is 5.63. The number of nitrogens with zero attached hydrogens (tertiary/aromatic N) is 4. The van der Waals surface area contributed by atoms with Crippen LogP contribution >= 0.6 is 24.8 Å². The average molecular weight is 452 g/mol. The first-order chi connectivity index (χ1) is 13.6. The molecule has 1 atom stereocenters. The monoisotopic (exact) mass is 451 g/mol. The first kappa shape index (κ1) is 24.2. The highest BCUT2D eigenvalue weighted by Gasteiger charge is 2.21. The number of rotatable bonds is 6. The molecule has 1 unspecified atom stereocenters. The van der Waals surface area contributed by atoms with Crippen molar-refractivity contribution in [2.45, 2.75) is 64.1 Å². The van der Waals surface area contributed by atoms with Crippen molar-refractivity contribution in [1.82, 2.24) is 19.5 Å². The van der Waals surface area contributed by atoms with E-state index in [9.17, 15) is 0 Å². The number of hydrogen-bond donors (Lipinski definition) is 3. The number of benzene rings is 1. The number of nitrogens with one attached hydrogen (secondary N) is 2. The van der Waals surface area contributed by atoms with E-state index < -0.39 is 0 Å². The molecule has 4 rings (SSSR count). The summed E-state index contributed by atoms with van der Waals surface area (Å²) >= 11 is 0. The fourth-order valence-electron chi connectivity index (χ4n) is 3.69. The largest absolute Gasteiger partial charge is 0.351 e. The highest BCUT2D eigenvalue weighted by Crippen LogP contribution is 2.28. The number of hydrogen-bond acceptors (Lipinski definition) is 6. The maximum absolute atomic E-state index is 6.05. The van der Waals surface area contributed by atoms with Gasteiger partial charge in [0.15, 0.2) is 17.0 Å². The van der Waals surface area contributed by atoms with Crippen LogP contribution in [0, 0.1) is 0 Å². The van der Waals surface area contributed by atoms with E-state index in [2.05, 4.69) is 34.0 Å². The maximum Gasteiger partial charge on any atom is 0.227 e. The van der Waals surface area contributed by atoms with Crippen molar-refractivity contribution >= 4 is 53.4 Å². The van der Waals surface area contributed by atoms with E-state index in [1.54, 1.807) is 0 Å². The summed E-state index contributed by atoms with van der Waals surface area (Å²) in [6, 6.07) is 11.1. The molecule has 164 valence electrons. The van der Waals surface area contributed by atoms with E-state index in [1.807, 2.05) is 36.7 Å². The second kappa shape index (κ2) is 10.8. The number of nitrogens with two attached hydrogens (primary N) is 1. The number of aromatic nitrogens is 4. The number of halogens is 2. The van der Waals surface area contributed by atoms with Gasteiger partial charge in [0.05, 0.1) is 6.33 Å². The SMILES string of the molecule is CCC(C)n1cnc2c(Nc3ccccc3)nc(N[C@H]3CC[C@H](N)CC3)nc21.Cl.Cl. The lowest BCUT2D eigenvalue weighted by atomic mass is 9.92. The Morgan fingerprint density at radius 1 is 1.10 bits per heavy atom. The lowest BCUT2D eigenvalue weighted by molar-refractivity contribution is 0.410. The van der Waals surface area contributed by atoms with Crippen LogP contribution in [0.5, 0.6) is 0 Å². The van der Waals surface area contributed by atoms with Gasteiger partial charge >= 0.3 is 0 Å². The molecule has 1 aliphatic rings. The van der Waals surface area contributed by atoms with E-state index in [0.29, 0.717) is 24.1 Å². The number of fused-ring (bicyclic) bond motifs is 1. The predicted octanol–water partition coefficient (Wildman–Crippen LogP) is 5.07. The van der Waals surface area contributed by atoms with E-state index >= 15 is 0 Å². The highest BCUT2D eigenvalue weighted by molar-refractivity contribution is 5.86. The number of para-hydroxylation sites is 1. The third-order valence-corrected chi connectivity index (χ3v) is 5.63. The molecule has 9 heteroatoms. The van der Waals surface area contributed by atoms with Crippen LogP contribution in [-0.2, 0) is 0 Å². The van der Waals surface area contributed by atoms with Crippen molar-refractivity contribution in [3.8, 4) is 0 Å². The molecule has 0 radical (unpaired) electrons. The van der Waals surface area contributed by atoms with Crippen molar-refractivity contribution in [1.29, 1.82) is 0 Å². The maximum atomic E-state index is 6.05. The summed E-state index contributed by atoms with van der Waals surface area (Å²) < 4.78 is 2.13. The Balaban J connectivity index is 0.00000160. The fourth-order valence-corrected chi connectivity index (χ4v) is 3.69. The van der Waals surface area contributed by atoms with Crippen LogP contribution in [0.3, 0.4) is 0 Å². The Hall–Kier alpha value is -2.09. The molecule has 2 heterocycles. The van der Waals surface area contributed by atoms with Crippen LogP contribution in [0.15, 0.2) is 36.7 Å². The Labute approximate surface area is 190 Å². The van der Waals surface area contributed by atoms with Crippen molar-refractivity contribution in [2.24, 2.45) is 5.73 Å². The molecule has 0 spiro atoms. The molecule has 1 aliphatic carbocycles. The normalized spacial score (nSPS) is 19.4. The summed E-state index contributed by atoms with van der Waals surface area (Å²) in [4.78, 5) is 14.2. The van der Waals surface area contributed by atoms with Gasteiger partial charge in [0, 0.05) is 23.8 Å². The Bertz CT molecular complexity index is 924. The molecule has 1 fully saturated rings. The molecule has 1 aromatic carbocycles. The average Bonchev–Trinajstić information content (AvgIpc) is 3.14. The van der Waals surface area contributed by atoms with Crippen molar-refractivity contribution < 1.29 is 0 Å². The summed E-state index contributed by atoms with van der Waals surface area (Å²) in [6.45, 7) is 4.36. The van der Waals surface area contributed by atoms with Gasteiger partial charge in [-0.15, -0.1) is 24.8 Å². The van der Waals surface area contributed by atoms with E-state index in [-0.39, 0.29) is 24.8 Å². The van der Waals surface area contributed by atoms with Gasteiger partial charge in [0.25, 0.3) is 0 Å². The summed E-state index contributed by atoms with van der Waals surface area (Å²) in [6.07, 6.45) is 7.07. The highest BCUT2D eigenvalue weighted by atomic mass is 35.5. The topological polar surface area (TPSA) is 93.7 Å². The molecular weight excluding hydrogens is 421 g/mol. The molecular formula is C21H31Cl2N7. The van der Waals surface area contributed by atoms with Crippen LogP contribution in [0.1, 0.15) is 52.0 Å². The summed E-state index contributed by atoms with van der Waals surface area (Å²) in [5.41, 5.74) is 8.68. The van der Waals surface area contributed by atoms with E-state index in [4.69, 9.17) is 15.7 Å². The zero-order valence-electron chi connectivity index (χ0n) is 17.4. The van der Waals surface area contributed by atoms with Gasteiger partial charge in [-0.05, 0) is 51.2 Å². The fraction of sp³-hybridized carbons (Fsp3) is 0.476. The van der Waals surface area contributed by atoms with E-state index in [1.165, 1.54) is 0 Å². The molecule has 0 bridgehead atoms. The zero-order chi connectivity index (χ0) is 19.5. The minimum absolute atomic E-state index is 0. The molecule has 2 aromatic heterocycles. The molecule has 1 saturated carbocycles. The lowest BCUT2D eigenvalue weighted by Gasteiger charge is -2.27. The van der Waals surface area contributed by atoms with E-state index in [0.717, 1.165) is 54.8 Å². The summed E-state index contributed by atoms with van der Waals surface area (Å²) in [7, 11) is 0. The standard InChI is InChI=1S/C21H29N7.2ClH/c1-3-14(2)28-13-23-18-19(24-16-7-5-4-6-8-16)26-21(27-20(18)28)25-17-11-9-15(22)10-12-17;;/h4-8,13-15,17H,3,9-12,22H2,1-2H3,(H2,24,25,26,27);2*1H/t14?,15-,17-;;. The number of imidazole rings is 1. The molecule has 0 saturated heterocycles. The van der Waals surface area contributed by atoms with Crippen molar-refractivity contribution in [3.63, 3.8) is 0 Å². The van der Waals surface area contributed by atoms with Crippen LogP contribution in [0.2, 0.25) is 0 Å². The summed E-state index contributed by atoms with van der Waals surface area (Å²) in [5.74, 6) is 1.38. The smallest absolute Gasteiger partial charge is 0.227 e. The molecule has 3 aromatic rings. The van der Waals surface area contributed by atoms with Crippen LogP contribution in [0.25, 0.3) is 11.2 Å². The second-order valence-electron chi connectivity index (χ2n) is 7.72.